The third kappa shape index (κ3) is 2.66. The number of nitrogens with zero attached hydrogens (tertiary/aromatic N) is 2. The van der Waals surface area contributed by atoms with Crippen molar-refractivity contribution in [2.24, 2.45) is 0 Å². The molecular weight excluding hydrogens is 258 g/mol. The summed E-state index contributed by atoms with van der Waals surface area (Å²) >= 11 is 1.71. The number of hydrogen-bond acceptors (Lipinski definition) is 5. The van der Waals surface area contributed by atoms with Crippen LogP contribution < -0.4 is 5.32 Å². The van der Waals surface area contributed by atoms with Crippen LogP contribution in [0.5, 0.6) is 0 Å². The second kappa shape index (κ2) is 5.24. The van der Waals surface area contributed by atoms with Crippen molar-refractivity contribution in [2.75, 3.05) is 5.32 Å². The van der Waals surface area contributed by atoms with Gasteiger partial charge >= 0.3 is 0 Å². The van der Waals surface area contributed by atoms with Gasteiger partial charge in [0.2, 0.25) is 12.3 Å². The van der Waals surface area contributed by atoms with Crippen LogP contribution in [0.4, 0.5) is 5.69 Å². The first kappa shape index (κ1) is 11.9. The maximum Gasteiger partial charge on any atom is 0.247 e. The molecule has 5 heteroatoms. The molecule has 3 aromatic rings. The molecule has 0 aliphatic rings. The van der Waals surface area contributed by atoms with Crippen molar-refractivity contribution in [3.8, 4) is 11.5 Å². The molecular formula is C14H13N3OS. The lowest BCUT2D eigenvalue weighted by Gasteiger charge is -2.09. The Morgan fingerprint density at radius 2 is 2.26 bits per heavy atom. The van der Waals surface area contributed by atoms with Gasteiger partial charge in [0.1, 0.15) is 0 Å². The van der Waals surface area contributed by atoms with Crippen LogP contribution in [0.3, 0.4) is 0 Å². The van der Waals surface area contributed by atoms with E-state index in [0.29, 0.717) is 5.89 Å². The van der Waals surface area contributed by atoms with Crippen LogP contribution in [-0.2, 0) is 6.54 Å². The highest BCUT2D eigenvalue weighted by Gasteiger charge is 2.06. The smallest absolute Gasteiger partial charge is 0.247 e. The van der Waals surface area contributed by atoms with E-state index in [-0.39, 0.29) is 0 Å². The SMILES string of the molecule is Cc1ccc(-c2nnco2)cc1NCc1ccsc1. The Hall–Kier alpha value is -2.14. The molecule has 0 fully saturated rings. The summed E-state index contributed by atoms with van der Waals surface area (Å²) in [7, 11) is 0. The number of aromatic nitrogens is 2. The molecule has 4 nitrogen and oxygen atoms in total. The van der Waals surface area contributed by atoms with E-state index in [0.717, 1.165) is 17.8 Å². The van der Waals surface area contributed by atoms with Crippen LogP contribution in [0, 0.1) is 6.92 Å². The Balaban J connectivity index is 1.82. The number of hydrogen-bond donors (Lipinski definition) is 1. The number of thiophene rings is 1. The monoisotopic (exact) mass is 271 g/mol. The lowest BCUT2D eigenvalue weighted by molar-refractivity contribution is 0.568. The van der Waals surface area contributed by atoms with Crippen molar-refractivity contribution < 1.29 is 4.42 Å². The molecule has 0 saturated heterocycles. The van der Waals surface area contributed by atoms with Gasteiger partial charge in [0.25, 0.3) is 0 Å². The highest BCUT2D eigenvalue weighted by atomic mass is 32.1. The van der Waals surface area contributed by atoms with Crippen molar-refractivity contribution >= 4 is 17.0 Å². The molecule has 0 spiro atoms. The van der Waals surface area contributed by atoms with E-state index >= 15 is 0 Å². The van der Waals surface area contributed by atoms with Gasteiger partial charge in [-0.2, -0.15) is 11.3 Å². The minimum absolute atomic E-state index is 0.540. The fourth-order valence-electron chi connectivity index (χ4n) is 1.83. The van der Waals surface area contributed by atoms with Gasteiger partial charge in [0, 0.05) is 17.8 Å². The van der Waals surface area contributed by atoms with Crippen LogP contribution in [0.2, 0.25) is 0 Å². The summed E-state index contributed by atoms with van der Waals surface area (Å²) in [5.74, 6) is 0.540. The zero-order valence-corrected chi connectivity index (χ0v) is 11.3. The number of anilines is 1. The Bertz CT molecular complexity index is 647. The Labute approximate surface area is 115 Å². The molecule has 3 rings (SSSR count). The number of aryl methyl sites for hydroxylation is 1. The van der Waals surface area contributed by atoms with Gasteiger partial charge in [0.05, 0.1) is 0 Å². The third-order valence-corrected chi connectivity index (χ3v) is 3.64. The fraction of sp³-hybridized carbons (Fsp3) is 0.143. The van der Waals surface area contributed by atoms with Crippen LogP contribution in [0.15, 0.2) is 45.8 Å². The van der Waals surface area contributed by atoms with E-state index in [2.05, 4.69) is 45.3 Å². The van der Waals surface area contributed by atoms with Crippen molar-refractivity contribution in [1.82, 2.24) is 10.2 Å². The molecule has 19 heavy (non-hydrogen) atoms. The van der Waals surface area contributed by atoms with Gasteiger partial charge in [-0.15, -0.1) is 10.2 Å². The van der Waals surface area contributed by atoms with Crippen molar-refractivity contribution in [1.29, 1.82) is 0 Å². The molecule has 0 amide bonds. The first-order valence-electron chi connectivity index (χ1n) is 5.95. The first-order valence-corrected chi connectivity index (χ1v) is 6.89. The quantitative estimate of drug-likeness (QED) is 0.785. The molecule has 96 valence electrons. The Morgan fingerprint density at radius 1 is 1.32 bits per heavy atom. The van der Waals surface area contributed by atoms with E-state index in [4.69, 9.17) is 4.42 Å². The first-order chi connectivity index (χ1) is 9.33. The molecule has 1 aromatic carbocycles. The highest BCUT2D eigenvalue weighted by molar-refractivity contribution is 7.07. The van der Waals surface area contributed by atoms with E-state index in [1.54, 1.807) is 11.3 Å². The lowest BCUT2D eigenvalue weighted by atomic mass is 10.1. The molecule has 0 saturated carbocycles. The Morgan fingerprint density at radius 3 is 3.00 bits per heavy atom. The van der Waals surface area contributed by atoms with Crippen LogP contribution >= 0.6 is 11.3 Å². The van der Waals surface area contributed by atoms with Gasteiger partial charge in [0.15, 0.2) is 0 Å². The molecule has 2 aromatic heterocycles. The van der Waals surface area contributed by atoms with E-state index < -0.39 is 0 Å². The van der Waals surface area contributed by atoms with Gasteiger partial charge < -0.3 is 9.73 Å². The summed E-state index contributed by atoms with van der Waals surface area (Å²) in [6.07, 6.45) is 1.34. The van der Waals surface area contributed by atoms with Crippen LogP contribution in [-0.4, -0.2) is 10.2 Å². The molecule has 0 radical (unpaired) electrons. The largest absolute Gasteiger partial charge is 0.423 e. The van der Waals surface area contributed by atoms with Gasteiger partial charge in [-0.05, 0) is 47.0 Å². The van der Waals surface area contributed by atoms with Crippen LogP contribution in [0.25, 0.3) is 11.5 Å². The fourth-order valence-corrected chi connectivity index (χ4v) is 2.50. The standard InChI is InChI=1S/C14H13N3OS/c1-10-2-3-12(14-17-16-9-18-14)6-13(10)15-7-11-4-5-19-8-11/h2-6,8-9,15H,7H2,1H3. The zero-order valence-electron chi connectivity index (χ0n) is 10.5. The van der Waals surface area contributed by atoms with E-state index in [9.17, 15) is 0 Å². The normalized spacial score (nSPS) is 10.6. The average Bonchev–Trinajstić information content (AvgIpc) is 3.11. The predicted octanol–water partition coefficient (Wildman–Crippen LogP) is 3.72. The summed E-state index contributed by atoms with van der Waals surface area (Å²) in [5.41, 5.74) is 4.49. The second-order valence-electron chi connectivity index (χ2n) is 4.26. The minimum Gasteiger partial charge on any atom is -0.423 e. The molecule has 0 bridgehead atoms. The maximum atomic E-state index is 5.22. The summed E-state index contributed by atoms with van der Waals surface area (Å²) in [5, 5.41) is 15.3. The van der Waals surface area contributed by atoms with Crippen molar-refractivity contribution in [2.45, 2.75) is 13.5 Å². The van der Waals surface area contributed by atoms with Gasteiger partial charge in [-0.1, -0.05) is 6.07 Å². The molecule has 0 unspecified atom stereocenters. The van der Waals surface area contributed by atoms with Gasteiger partial charge in [-0.3, -0.25) is 0 Å². The maximum absolute atomic E-state index is 5.22. The third-order valence-electron chi connectivity index (χ3n) is 2.91. The van der Waals surface area contributed by atoms with Crippen LogP contribution in [0.1, 0.15) is 11.1 Å². The molecule has 0 aliphatic carbocycles. The number of benzene rings is 1. The predicted molar refractivity (Wildman–Crippen MR) is 76.1 cm³/mol. The molecule has 2 heterocycles. The topological polar surface area (TPSA) is 51.0 Å². The average molecular weight is 271 g/mol. The minimum atomic E-state index is 0.540. The summed E-state index contributed by atoms with van der Waals surface area (Å²) in [6, 6.07) is 8.19. The Kier molecular flexibility index (Phi) is 3.29. The zero-order chi connectivity index (χ0) is 13.1. The summed E-state index contributed by atoms with van der Waals surface area (Å²) in [6.45, 7) is 2.89. The van der Waals surface area contributed by atoms with E-state index in [1.165, 1.54) is 17.5 Å². The van der Waals surface area contributed by atoms with Crippen molar-refractivity contribution in [3.05, 3.63) is 52.5 Å². The summed E-state index contributed by atoms with van der Waals surface area (Å²) < 4.78 is 5.22. The second-order valence-corrected chi connectivity index (χ2v) is 5.04. The number of nitrogens with one attached hydrogen (secondary N) is 1. The molecule has 1 N–H and O–H groups in total. The van der Waals surface area contributed by atoms with E-state index in [1.807, 2.05) is 12.1 Å². The molecule has 0 aliphatic heterocycles. The van der Waals surface area contributed by atoms with Crippen molar-refractivity contribution in [3.63, 3.8) is 0 Å². The highest BCUT2D eigenvalue weighted by Crippen LogP contribution is 2.24. The molecule has 0 atom stereocenters. The summed E-state index contributed by atoms with van der Waals surface area (Å²) in [4.78, 5) is 0. The number of rotatable bonds is 4. The van der Waals surface area contributed by atoms with Gasteiger partial charge in [-0.25, -0.2) is 0 Å². The lowest BCUT2D eigenvalue weighted by Crippen LogP contribution is -2.00.